The highest BCUT2D eigenvalue weighted by Crippen LogP contribution is 2.24. The second-order valence-electron chi connectivity index (χ2n) is 5.84. The fraction of sp³-hybridized carbons (Fsp3) is 0.150. The highest BCUT2D eigenvalue weighted by atomic mass is 79.9. The summed E-state index contributed by atoms with van der Waals surface area (Å²) in [6.07, 6.45) is 0. The SMILES string of the molecule is Cc1ccc(OCc2nc(SCc3ccc(Br)cc3)nc(N)c2C#N)cc1. The Balaban J connectivity index is 1.75. The maximum absolute atomic E-state index is 9.38. The summed E-state index contributed by atoms with van der Waals surface area (Å²) >= 11 is 4.89. The van der Waals surface area contributed by atoms with E-state index < -0.39 is 0 Å². The van der Waals surface area contributed by atoms with E-state index >= 15 is 0 Å². The summed E-state index contributed by atoms with van der Waals surface area (Å²) in [5.41, 5.74) is 9.01. The van der Waals surface area contributed by atoms with Gasteiger partial charge in [-0.1, -0.05) is 57.5 Å². The fourth-order valence-corrected chi connectivity index (χ4v) is 3.40. The van der Waals surface area contributed by atoms with Gasteiger partial charge in [-0.2, -0.15) is 5.26 Å². The number of hydrogen-bond donors (Lipinski definition) is 1. The Bertz CT molecular complexity index is 969. The minimum absolute atomic E-state index is 0.157. The van der Waals surface area contributed by atoms with E-state index in [-0.39, 0.29) is 18.0 Å². The molecule has 0 spiro atoms. The molecular weight excluding hydrogens is 424 g/mol. The molecular formula is C20H17BrN4OS. The Morgan fingerprint density at radius 1 is 1.11 bits per heavy atom. The van der Waals surface area contributed by atoms with Gasteiger partial charge in [0.2, 0.25) is 0 Å². The molecule has 0 bridgehead atoms. The number of nitrogens with two attached hydrogens (primary N) is 1. The van der Waals surface area contributed by atoms with Crippen LogP contribution in [0.1, 0.15) is 22.4 Å². The number of nitriles is 1. The maximum Gasteiger partial charge on any atom is 0.190 e. The molecule has 5 nitrogen and oxygen atoms in total. The molecule has 0 aliphatic carbocycles. The summed E-state index contributed by atoms with van der Waals surface area (Å²) in [5, 5.41) is 9.91. The third kappa shape index (κ3) is 5.22. The van der Waals surface area contributed by atoms with E-state index in [4.69, 9.17) is 10.5 Å². The average Bonchev–Trinajstić information content (AvgIpc) is 2.67. The zero-order valence-corrected chi connectivity index (χ0v) is 17.0. The van der Waals surface area contributed by atoms with Crippen molar-refractivity contribution in [3.05, 3.63) is 75.4 Å². The molecule has 0 unspecified atom stereocenters. The molecule has 1 heterocycles. The van der Waals surface area contributed by atoms with Crippen molar-refractivity contribution in [2.75, 3.05) is 5.73 Å². The van der Waals surface area contributed by atoms with Gasteiger partial charge in [0.1, 0.15) is 35.5 Å². The summed E-state index contributed by atoms with van der Waals surface area (Å²) in [4.78, 5) is 8.73. The van der Waals surface area contributed by atoms with Crippen molar-refractivity contribution >= 4 is 33.5 Å². The van der Waals surface area contributed by atoms with Gasteiger partial charge in [-0.25, -0.2) is 9.97 Å². The quantitative estimate of drug-likeness (QED) is 0.434. The van der Waals surface area contributed by atoms with Crippen LogP contribution in [0, 0.1) is 18.3 Å². The molecule has 0 amide bonds. The van der Waals surface area contributed by atoms with Crippen LogP contribution in [-0.2, 0) is 12.4 Å². The number of anilines is 1. The number of ether oxygens (including phenoxy) is 1. The van der Waals surface area contributed by atoms with Crippen molar-refractivity contribution in [1.29, 1.82) is 5.26 Å². The van der Waals surface area contributed by atoms with E-state index in [0.29, 0.717) is 22.4 Å². The van der Waals surface area contributed by atoms with E-state index in [9.17, 15) is 5.26 Å². The average molecular weight is 441 g/mol. The van der Waals surface area contributed by atoms with Gasteiger partial charge in [-0.05, 0) is 36.8 Å². The Hall–Kier alpha value is -2.56. The van der Waals surface area contributed by atoms with Crippen LogP contribution in [0.3, 0.4) is 0 Å². The highest BCUT2D eigenvalue weighted by Gasteiger charge is 2.13. The lowest BCUT2D eigenvalue weighted by Crippen LogP contribution is -2.08. The number of rotatable bonds is 6. The van der Waals surface area contributed by atoms with Crippen LogP contribution in [0.4, 0.5) is 5.82 Å². The maximum atomic E-state index is 9.38. The molecule has 0 aliphatic rings. The molecule has 0 fully saturated rings. The number of nitrogen functional groups attached to an aromatic ring is 1. The van der Waals surface area contributed by atoms with Crippen LogP contribution in [0.15, 0.2) is 58.2 Å². The normalized spacial score (nSPS) is 10.4. The van der Waals surface area contributed by atoms with Gasteiger partial charge in [0, 0.05) is 10.2 Å². The van der Waals surface area contributed by atoms with Crippen LogP contribution >= 0.6 is 27.7 Å². The largest absolute Gasteiger partial charge is 0.487 e. The topological polar surface area (TPSA) is 84.8 Å². The molecule has 2 N–H and O–H groups in total. The van der Waals surface area contributed by atoms with Gasteiger partial charge in [0.25, 0.3) is 0 Å². The Morgan fingerprint density at radius 2 is 1.81 bits per heavy atom. The number of aryl methyl sites for hydroxylation is 1. The van der Waals surface area contributed by atoms with Gasteiger partial charge in [-0.15, -0.1) is 0 Å². The first-order valence-electron chi connectivity index (χ1n) is 8.18. The molecule has 27 heavy (non-hydrogen) atoms. The van der Waals surface area contributed by atoms with Crippen molar-refractivity contribution in [3.63, 3.8) is 0 Å². The third-order valence-corrected chi connectivity index (χ3v) is 5.23. The lowest BCUT2D eigenvalue weighted by molar-refractivity contribution is 0.299. The summed E-state index contributed by atoms with van der Waals surface area (Å²) in [6, 6.07) is 17.8. The minimum atomic E-state index is 0.157. The molecule has 1 aromatic heterocycles. The third-order valence-electron chi connectivity index (χ3n) is 3.78. The molecule has 3 aromatic rings. The van der Waals surface area contributed by atoms with Crippen LogP contribution in [0.25, 0.3) is 0 Å². The summed E-state index contributed by atoms with van der Waals surface area (Å²) in [6.45, 7) is 2.17. The lowest BCUT2D eigenvalue weighted by Gasteiger charge is -2.10. The second kappa shape index (κ2) is 8.89. The van der Waals surface area contributed by atoms with E-state index in [2.05, 4.69) is 32.0 Å². The smallest absolute Gasteiger partial charge is 0.190 e. The standard InChI is InChI=1S/C20H17BrN4OS/c1-13-2-8-16(9-3-13)26-11-18-17(10-22)19(23)25-20(24-18)27-12-14-4-6-15(21)7-5-14/h2-9H,11-12H2,1H3,(H2,23,24,25). The molecule has 0 saturated heterocycles. The summed E-state index contributed by atoms with van der Waals surface area (Å²) in [5.74, 6) is 1.59. The number of nitrogens with zero attached hydrogens (tertiary/aromatic N) is 3. The van der Waals surface area contributed by atoms with E-state index in [0.717, 1.165) is 15.6 Å². The predicted octanol–water partition coefficient (Wildman–Crippen LogP) is 4.87. The molecule has 7 heteroatoms. The first-order valence-corrected chi connectivity index (χ1v) is 9.96. The second-order valence-corrected chi connectivity index (χ2v) is 7.70. The van der Waals surface area contributed by atoms with E-state index in [1.807, 2.05) is 55.5 Å². The van der Waals surface area contributed by atoms with Gasteiger partial charge >= 0.3 is 0 Å². The number of thioether (sulfide) groups is 1. The summed E-state index contributed by atoms with van der Waals surface area (Å²) in [7, 11) is 0. The van der Waals surface area contributed by atoms with Crippen LogP contribution < -0.4 is 10.5 Å². The molecule has 136 valence electrons. The van der Waals surface area contributed by atoms with Gasteiger partial charge < -0.3 is 10.5 Å². The number of halogens is 1. The van der Waals surface area contributed by atoms with Gasteiger partial charge in [-0.3, -0.25) is 0 Å². The monoisotopic (exact) mass is 440 g/mol. The van der Waals surface area contributed by atoms with Crippen LogP contribution in [0.5, 0.6) is 5.75 Å². The number of benzene rings is 2. The molecule has 0 radical (unpaired) electrons. The van der Waals surface area contributed by atoms with Crippen molar-refractivity contribution in [2.24, 2.45) is 0 Å². The first kappa shape index (κ1) is 19.2. The van der Waals surface area contributed by atoms with Crippen molar-refractivity contribution in [3.8, 4) is 11.8 Å². The molecule has 2 aromatic carbocycles. The zero-order chi connectivity index (χ0) is 19.2. The van der Waals surface area contributed by atoms with Gasteiger partial charge in [0.15, 0.2) is 5.16 Å². The minimum Gasteiger partial charge on any atom is -0.487 e. The molecule has 0 aliphatic heterocycles. The Kier molecular flexibility index (Phi) is 6.32. The molecule has 0 atom stereocenters. The predicted molar refractivity (Wildman–Crippen MR) is 110 cm³/mol. The van der Waals surface area contributed by atoms with Crippen molar-refractivity contribution in [2.45, 2.75) is 24.4 Å². The fourth-order valence-electron chi connectivity index (χ4n) is 2.31. The summed E-state index contributed by atoms with van der Waals surface area (Å²) < 4.78 is 6.80. The van der Waals surface area contributed by atoms with Crippen molar-refractivity contribution < 1.29 is 4.74 Å². The first-order chi connectivity index (χ1) is 13.0. The van der Waals surface area contributed by atoms with E-state index in [1.165, 1.54) is 11.8 Å². The van der Waals surface area contributed by atoms with Crippen LogP contribution in [-0.4, -0.2) is 9.97 Å². The lowest BCUT2D eigenvalue weighted by atomic mass is 10.2. The number of aromatic nitrogens is 2. The molecule has 0 saturated carbocycles. The van der Waals surface area contributed by atoms with Crippen LogP contribution in [0.2, 0.25) is 0 Å². The number of hydrogen-bond acceptors (Lipinski definition) is 6. The molecule has 3 rings (SSSR count). The van der Waals surface area contributed by atoms with E-state index in [1.54, 1.807) is 0 Å². The van der Waals surface area contributed by atoms with Gasteiger partial charge in [0.05, 0.1) is 0 Å². The Morgan fingerprint density at radius 3 is 2.48 bits per heavy atom. The van der Waals surface area contributed by atoms with Crippen molar-refractivity contribution in [1.82, 2.24) is 9.97 Å². The highest BCUT2D eigenvalue weighted by molar-refractivity contribution is 9.10. The Labute approximate surface area is 170 Å². The zero-order valence-electron chi connectivity index (χ0n) is 14.6.